The van der Waals surface area contributed by atoms with Crippen molar-refractivity contribution in [3.8, 4) is 0 Å². The molecule has 0 radical (unpaired) electrons. The fourth-order valence-corrected chi connectivity index (χ4v) is 2.87. The third-order valence-corrected chi connectivity index (χ3v) is 4.51. The van der Waals surface area contributed by atoms with Crippen LogP contribution in [0.5, 0.6) is 0 Å². The number of hydrogen-bond acceptors (Lipinski definition) is 6. The minimum absolute atomic E-state index is 0.273. The highest BCUT2D eigenvalue weighted by molar-refractivity contribution is 6.99. The molecular weight excluding hydrogens is 343 g/mol. The zero-order valence-corrected chi connectivity index (χ0v) is 14.7. The summed E-state index contributed by atoms with van der Waals surface area (Å²) in [4.78, 5) is 12.3. The monoisotopic (exact) mass is 360 g/mol. The van der Waals surface area contributed by atoms with Gasteiger partial charge in [0, 0.05) is 6.54 Å². The first-order valence-corrected chi connectivity index (χ1v) is 8.48. The third kappa shape index (κ3) is 4.05. The number of hydrogen-bond donors (Lipinski definition) is 1. The van der Waals surface area contributed by atoms with Crippen molar-refractivity contribution >= 4 is 17.6 Å². The fraction of sp³-hybridized carbons (Fsp3) is 0.312. The van der Waals surface area contributed by atoms with Gasteiger partial charge in [0.15, 0.2) is 5.69 Å². The lowest BCUT2D eigenvalue weighted by Crippen LogP contribution is -2.26. The van der Waals surface area contributed by atoms with Crippen LogP contribution >= 0.6 is 11.7 Å². The molecule has 3 rings (SSSR count). The van der Waals surface area contributed by atoms with Gasteiger partial charge in [0.2, 0.25) is 0 Å². The van der Waals surface area contributed by atoms with Crippen molar-refractivity contribution < 1.29 is 9.18 Å². The molecular formula is C16H17FN6OS. The average molecular weight is 360 g/mol. The molecule has 0 atom stereocenters. The minimum Gasteiger partial charge on any atom is -0.350 e. The lowest BCUT2D eigenvalue weighted by molar-refractivity contribution is 0.0948. The van der Waals surface area contributed by atoms with Gasteiger partial charge >= 0.3 is 0 Å². The van der Waals surface area contributed by atoms with Gasteiger partial charge in [0.1, 0.15) is 5.82 Å². The van der Waals surface area contributed by atoms with E-state index in [1.165, 1.54) is 12.1 Å². The van der Waals surface area contributed by atoms with Crippen molar-refractivity contribution in [1.82, 2.24) is 29.1 Å². The molecule has 130 valence electrons. The number of nitrogens with zero attached hydrogens (tertiary/aromatic N) is 5. The van der Waals surface area contributed by atoms with E-state index < -0.39 is 0 Å². The Hall–Kier alpha value is -2.68. The fourth-order valence-electron chi connectivity index (χ4n) is 2.31. The van der Waals surface area contributed by atoms with Crippen molar-refractivity contribution in [3.05, 3.63) is 58.4 Å². The summed E-state index contributed by atoms with van der Waals surface area (Å²) in [5.41, 5.74) is 3.59. The van der Waals surface area contributed by atoms with E-state index in [0.29, 0.717) is 30.9 Å². The normalized spacial score (nSPS) is 10.8. The molecule has 0 aliphatic carbocycles. The second-order valence-electron chi connectivity index (χ2n) is 5.61. The summed E-state index contributed by atoms with van der Waals surface area (Å²) >= 11 is 1.15. The number of aryl methyl sites for hydroxylation is 1. The summed E-state index contributed by atoms with van der Waals surface area (Å²) in [6, 6.07) is 6.21. The number of carbonyl (C=O) groups excluding carboxylic acids is 1. The molecule has 0 aliphatic rings. The number of aromatic nitrogens is 5. The summed E-state index contributed by atoms with van der Waals surface area (Å²) in [7, 11) is 0. The largest absolute Gasteiger partial charge is 0.350 e. The van der Waals surface area contributed by atoms with E-state index in [2.05, 4.69) is 24.4 Å². The smallest absolute Gasteiger partial charge is 0.273 e. The number of carbonyl (C=O) groups is 1. The SMILES string of the molecule is Cc1nsnc1Cn1nnc(C(=O)NCCc2ccc(F)cc2)c1C. The Kier molecular flexibility index (Phi) is 5.13. The maximum Gasteiger partial charge on any atom is 0.273 e. The Morgan fingerprint density at radius 2 is 2.00 bits per heavy atom. The molecule has 9 heteroatoms. The third-order valence-electron chi connectivity index (χ3n) is 3.86. The van der Waals surface area contributed by atoms with Gasteiger partial charge in [-0.15, -0.1) is 5.10 Å². The summed E-state index contributed by atoms with van der Waals surface area (Å²) in [5.74, 6) is -0.551. The summed E-state index contributed by atoms with van der Waals surface area (Å²) in [6.07, 6.45) is 0.614. The molecule has 7 nitrogen and oxygen atoms in total. The van der Waals surface area contributed by atoms with Crippen LogP contribution in [-0.2, 0) is 13.0 Å². The highest BCUT2D eigenvalue weighted by Crippen LogP contribution is 2.10. The van der Waals surface area contributed by atoms with Crippen LogP contribution in [0.3, 0.4) is 0 Å². The lowest BCUT2D eigenvalue weighted by atomic mass is 10.1. The molecule has 25 heavy (non-hydrogen) atoms. The van der Waals surface area contributed by atoms with E-state index >= 15 is 0 Å². The van der Waals surface area contributed by atoms with E-state index in [4.69, 9.17) is 0 Å². The summed E-state index contributed by atoms with van der Waals surface area (Å²) in [6.45, 7) is 4.55. The van der Waals surface area contributed by atoms with Gasteiger partial charge in [-0.25, -0.2) is 9.07 Å². The number of rotatable bonds is 6. The van der Waals surface area contributed by atoms with Gasteiger partial charge in [0.05, 0.1) is 35.4 Å². The predicted octanol–water partition coefficient (Wildman–Crippen LogP) is 1.91. The van der Waals surface area contributed by atoms with Crippen molar-refractivity contribution in [3.63, 3.8) is 0 Å². The van der Waals surface area contributed by atoms with E-state index in [-0.39, 0.29) is 11.7 Å². The molecule has 0 saturated carbocycles. The lowest BCUT2D eigenvalue weighted by Gasteiger charge is -2.05. The first-order chi connectivity index (χ1) is 12.0. The molecule has 1 N–H and O–H groups in total. The molecule has 0 unspecified atom stereocenters. The van der Waals surface area contributed by atoms with Gasteiger partial charge in [-0.3, -0.25) is 4.79 Å². The molecule has 0 saturated heterocycles. The van der Waals surface area contributed by atoms with Gasteiger partial charge in [0.25, 0.3) is 5.91 Å². The first-order valence-electron chi connectivity index (χ1n) is 7.75. The molecule has 0 spiro atoms. The highest BCUT2D eigenvalue weighted by atomic mass is 32.1. The van der Waals surface area contributed by atoms with Crippen molar-refractivity contribution in [2.75, 3.05) is 6.54 Å². The maximum absolute atomic E-state index is 12.9. The van der Waals surface area contributed by atoms with E-state index in [0.717, 1.165) is 28.7 Å². The topological polar surface area (TPSA) is 85.6 Å². The Balaban J connectivity index is 1.59. The van der Waals surface area contributed by atoms with Crippen LogP contribution in [0.25, 0.3) is 0 Å². The van der Waals surface area contributed by atoms with E-state index in [1.807, 2.05) is 6.92 Å². The second-order valence-corrected chi connectivity index (χ2v) is 6.14. The van der Waals surface area contributed by atoms with Crippen LogP contribution in [0.4, 0.5) is 4.39 Å². The molecule has 1 aromatic carbocycles. The zero-order valence-electron chi connectivity index (χ0n) is 13.9. The Labute approximate surface area is 148 Å². The number of amides is 1. The summed E-state index contributed by atoms with van der Waals surface area (Å²) < 4.78 is 22.8. The van der Waals surface area contributed by atoms with Crippen LogP contribution in [0, 0.1) is 19.7 Å². The average Bonchev–Trinajstić information content (AvgIpc) is 3.16. The van der Waals surface area contributed by atoms with Crippen molar-refractivity contribution in [2.45, 2.75) is 26.8 Å². The first kappa shape index (κ1) is 17.2. The van der Waals surface area contributed by atoms with Crippen LogP contribution in [0.1, 0.15) is 33.1 Å². The Bertz CT molecular complexity index is 873. The molecule has 0 aliphatic heterocycles. The predicted molar refractivity (Wildman–Crippen MR) is 90.9 cm³/mol. The van der Waals surface area contributed by atoms with Crippen molar-refractivity contribution in [2.24, 2.45) is 0 Å². The van der Waals surface area contributed by atoms with Gasteiger partial charge in [-0.05, 0) is 38.0 Å². The number of halogens is 1. The molecule has 0 fully saturated rings. The van der Waals surface area contributed by atoms with Gasteiger partial charge in [-0.1, -0.05) is 17.3 Å². The summed E-state index contributed by atoms with van der Waals surface area (Å²) in [5, 5.41) is 10.8. The highest BCUT2D eigenvalue weighted by Gasteiger charge is 2.17. The quantitative estimate of drug-likeness (QED) is 0.726. The van der Waals surface area contributed by atoms with E-state index in [1.54, 1.807) is 23.7 Å². The number of benzene rings is 1. The van der Waals surface area contributed by atoms with Crippen LogP contribution in [0.15, 0.2) is 24.3 Å². The number of nitrogens with one attached hydrogen (secondary N) is 1. The van der Waals surface area contributed by atoms with Gasteiger partial charge in [-0.2, -0.15) is 8.75 Å². The van der Waals surface area contributed by atoms with Crippen LogP contribution in [-0.4, -0.2) is 36.2 Å². The van der Waals surface area contributed by atoms with Crippen molar-refractivity contribution in [1.29, 1.82) is 0 Å². The van der Waals surface area contributed by atoms with Gasteiger partial charge < -0.3 is 5.32 Å². The van der Waals surface area contributed by atoms with E-state index in [9.17, 15) is 9.18 Å². The Morgan fingerprint density at radius 3 is 2.68 bits per heavy atom. The zero-order chi connectivity index (χ0) is 17.8. The molecule has 1 amide bonds. The maximum atomic E-state index is 12.9. The second kappa shape index (κ2) is 7.47. The Morgan fingerprint density at radius 1 is 1.24 bits per heavy atom. The standard InChI is InChI=1S/C16H17FN6OS/c1-10-14(21-25-20-10)9-23-11(2)15(19-22-23)16(24)18-8-7-12-3-5-13(17)6-4-12/h3-6H,7-9H2,1-2H3,(H,18,24). The molecule has 2 aromatic heterocycles. The molecule has 0 bridgehead atoms. The molecule has 3 aromatic rings. The minimum atomic E-state index is -0.279. The molecule has 2 heterocycles. The van der Waals surface area contributed by atoms with Crippen LogP contribution < -0.4 is 5.32 Å². The van der Waals surface area contributed by atoms with Crippen LogP contribution in [0.2, 0.25) is 0 Å².